The minimum atomic E-state index is -3.35. The van der Waals surface area contributed by atoms with E-state index in [0.717, 1.165) is 38.7 Å². The number of nitrogens with zero attached hydrogens (tertiary/aromatic N) is 1. The van der Waals surface area contributed by atoms with Gasteiger partial charge in [0.05, 0.1) is 6.10 Å². The van der Waals surface area contributed by atoms with E-state index in [-0.39, 0.29) is 6.10 Å². The van der Waals surface area contributed by atoms with E-state index in [4.69, 9.17) is 10.5 Å². The molecule has 0 amide bonds. The Bertz CT molecular complexity index is 382. The van der Waals surface area contributed by atoms with E-state index in [1.54, 1.807) is 0 Å². The molecule has 0 aliphatic carbocycles. The summed E-state index contributed by atoms with van der Waals surface area (Å²) in [6, 6.07) is 0. The van der Waals surface area contributed by atoms with Crippen LogP contribution in [0.3, 0.4) is 0 Å². The number of ether oxygens (including phenoxy) is 1. The average Bonchev–Trinajstić information content (AvgIpc) is 2.48. The number of piperidine rings is 1. The van der Waals surface area contributed by atoms with E-state index in [2.05, 4.69) is 4.72 Å². The fourth-order valence-electron chi connectivity index (χ4n) is 2.91. The third-order valence-corrected chi connectivity index (χ3v) is 5.76. The molecule has 6 nitrogen and oxygen atoms in total. The van der Waals surface area contributed by atoms with Gasteiger partial charge in [0.25, 0.3) is 10.2 Å². The van der Waals surface area contributed by atoms with E-state index in [9.17, 15) is 8.42 Å². The predicted molar refractivity (Wildman–Crippen MR) is 78.5 cm³/mol. The molecular weight excluding hydrogens is 278 g/mol. The molecule has 7 heteroatoms. The second-order valence-corrected chi connectivity index (χ2v) is 7.53. The Morgan fingerprint density at radius 2 is 2.10 bits per heavy atom. The van der Waals surface area contributed by atoms with Gasteiger partial charge in [0, 0.05) is 26.2 Å². The first kappa shape index (κ1) is 16.2. The van der Waals surface area contributed by atoms with Crippen molar-refractivity contribution in [2.45, 2.75) is 44.6 Å². The topological polar surface area (TPSA) is 84.7 Å². The molecule has 2 heterocycles. The van der Waals surface area contributed by atoms with Crippen molar-refractivity contribution in [3.63, 3.8) is 0 Å². The molecule has 2 fully saturated rings. The van der Waals surface area contributed by atoms with Crippen molar-refractivity contribution in [2.75, 3.05) is 32.8 Å². The van der Waals surface area contributed by atoms with Gasteiger partial charge in [-0.05, 0) is 51.0 Å². The highest BCUT2D eigenvalue weighted by Crippen LogP contribution is 2.18. The van der Waals surface area contributed by atoms with E-state index in [1.165, 1.54) is 10.7 Å². The maximum Gasteiger partial charge on any atom is 0.279 e. The predicted octanol–water partition coefficient (Wildman–Crippen LogP) is 0.451. The van der Waals surface area contributed by atoms with Crippen LogP contribution in [0, 0.1) is 5.92 Å². The molecule has 0 bridgehead atoms. The molecule has 2 rings (SSSR count). The number of hydrogen-bond donors (Lipinski definition) is 2. The smallest absolute Gasteiger partial charge is 0.279 e. The largest absolute Gasteiger partial charge is 0.378 e. The molecule has 2 atom stereocenters. The molecule has 2 saturated heterocycles. The lowest BCUT2D eigenvalue weighted by atomic mass is 10.0. The Morgan fingerprint density at radius 1 is 1.25 bits per heavy atom. The molecule has 2 aliphatic rings. The average molecular weight is 305 g/mol. The van der Waals surface area contributed by atoms with Crippen LogP contribution in [0.1, 0.15) is 38.5 Å². The van der Waals surface area contributed by atoms with Crippen LogP contribution in [0.2, 0.25) is 0 Å². The molecule has 3 N–H and O–H groups in total. The van der Waals surface area contributed by atoms with E-state index < -0.39 is 10.2 Å². The number of hydrogen-bond acceptors (Lipinski definition) is 4. The highest BCUT2D eigenvalue weighted by molar-refractivity contribution is 7.87. The molecule has 0 aromatic heterocycles. The van der Waals surface area contributed by atoms with Crippen molar-refractivity contribution < 1.29 is 13.2 Å². The first-order valence-corrected chi connectivity index (χ1v) is 9.12. The van der Waals surface area contributed by atoms with Gasteiger partial charge >= 0.3 is 0 Å². The van der Waals surface area contributed by atoms with Crippen LogP contribution in [0.4, 0.5) is 0 Å². The van der Waals surface area contributed by atoms with E-state index in [1.807, 2.05) is 0 Å². The van der Waals surface area contributed by atoms with Gasteiger partial charge < -0.3 is 10.5 Å². The van der Waals surface area contributed by atoms with Crippen LogP contribution in [0.25, 0.3) is 0 Å². The fraction of sp³-hybridized carbons (Fsp3) is 1.00. The quantitative estimate of drug-likeness (QED) is 0.746. The normalized spacial score (nSPS) is 29.4. The van der Waals surface area contributed by atoms with Crippen molar-refractivity contribution in [1.29, 1.82) is 0 Å². The monoisotopic (exact) mass is 305 g/mol. The summed E-state index contributed by atoms with van der Waals surface area (Å²) in [7, 11) is -3.35. The molecule has 0 aromatic carbocycles. The Kier molecular flexibility index (Phi) is 6.22. The zero-order chi connectivity index (χ0) is 14.4. The van der Waals surface area contributed by atoms with Crippen molar-refractivity contribution in [3.05, 3.63) is 0 Å². The number of nitrogens with one attached hydrogen (secondary N) is 1. The lowest BCUT2D eigenvalue weighted by molar-refractivity contribution is 0.0123. The summed E-state index contributed by atoms with van der Waals surface area (Å²) in [5.41, 5.74) is 5.65. The molecule has 2 aliphatic heterocycles. The SMILES string of the molecule is NCC1CCCN(S(=O)(=O)NCCC2CCCCO2)C1. The second kappa shape index (κ2) is 7.70. The maximum atomic E-state index is 12.2. The lowest BCUT2D eigenvalue weighted by Gasteiger charge is -2.31. The second-order valence-electron chi connectivity index (χ2n) is 5.78. The van der Waals surface area contributed by atoms with E-state index in [0.29, 0.717) is 32.1 Å². The van der Waals surface area contributed by atoms with Crippen LogP contribution >= 0.6 is 0 Å². The minimum absolute atomic E-state index is 0.213. The highest BCUT2D eigenvalue weighted by Gasteiger charge is 2.28. The van der Waals surface area contributed by atoms with Gasteiger partial charge in [-0.3, -0.25) is 0 Å². The fourth-order valence-corrected chi connectivity index (χ4v) is 4.25. The molecule has 20 heavy (non-hydrogen) atoms. The summed E-state index contributed by atoms with van der Waals surface area (Å²) in [4.78, 5) is 0. The van der Waals surface area contributed by atoms with Crippen LogP contribution < -0.4 is 10.5 Å². The molecule has 2 unspecified atom stereocenters. The van der Waals surface area contributed by atoms with Gasteiger partial charge in [0.1, 0.15) is 0 Å². The molecule has 118 valence electrons. The zero-order valence-electron chi connectivity index (χ0n) is 12.1. The van der Waals surface area contributed by atoms with Gasteiger partial charge in [0.2, 0.25) is 0 Å². The van der Waals surface area contributed by atoms with Crippen molar-refractivity contribution in [3.8, 4) is 0 Å². The number of rotatable bonds is 6. The first-order chi connectivity index (χ1) is 9.62. The summed E-state index contributed by atoms with van der Waals surface area (Å²) in [6.07, 6.45) is 6.24. The molecule has 0 spiro atoms. The minimum Gasteiger partial charge on any atom is -0.378 e. The Morgan fingerprint density at radius 3 is 2.80 bits per heavy atom. The molecule has 0 saturated carbocycles. The third kappa shape index (κ3) is 4.66. The van der Waals surface area contributed by atoms with Gasteiger partial charge in [0.15, 0.2) is 0 Å². The first-order valence-electron chi connectivity index (χ1n) is 7.68. The van der Waals surface area contributed by atoms with Gasteiger partial charge in [-0.1, -0.05) is 0 Å². The summed E-state index contributed by atoms with van der Waals surface area (Å²) in [6.45, 7) is 2.97. The van der Waals surface area contributed by atoms with E-state index >= 15 is 0 Å². The molecule has 0 radical (unpaired) electrons. The molecule has 0 aromatic rings. The zero-order valence-corrected chi connectivity index (χ0v) is 12.9. The Hall–Kier alpha value is -0.210. The van der Waals surface area contributed by atoms with Gasteiger partial charge in [-0.25, -0.2) is 4.72 Å². The highest BCUT2D eigenvalue weighted by atomic mass is 32.2. The third-order valence-electron chi connectivity index (χ3n) is 4.18. The standard InChI is InChI=1S/C13H27N3O3S/c14-10-12-4-3-8-16(11-12)20(17,18)15-7-6-13-5-1-2-9-19-13/h12-13,15H,1-11,14H2. The van der Waals surface area contributed by atoms with Crippen molar-refractivity contribution in [1.82, 2.24) is 9.03 Å². The van der Waals surface area contributed by atoms with Crippen LogP contribution in [0.5, 0.6) is 0 Å². The van der Waals surface area contributed by atoms with Crippen LogP contribution in [-0.4, -0.2) is 51.6 Å². The maximum absolute atomic E-state index is 12.2. The summed E-state index contributed by atoms with van der Waals surface area (Å²) in [5, 5.41) is 0. The van der Waals surface area contributed by atoms with Gasteiger partial charge in [-0.2, -0.15) is 12.7 Å². The van der Waals surface area contributed by atoms with Crippen molar-refractivity contribution in [2.24, 2.45) is 11.7 Å². The molecular formula is C13H27N3O3S. The Balaban J connectivity index is 1.75. The Labute approximate surface area is 122 Å². The van der Waals surface area contributed by atoms with Crippen LogP contribution in [-0.2, 0) is 14.9 Å². The van der Waals surface area contributed by atoms with Crippen molar-refractivity contribution >= 4 is 10.2 Å². The lowest BCUT2D eigenvalue weighted by Crippen LogP contribution is -2.47. The summed E-state index contributed by atoms with van der Waals surface area (Å²) in [5.74, 6) is 0.294. The number of nitrogens with two attached hydrogens (primary N) is 1. The van der Waals surface area contributed by atoms with Gasteiger partial charge in [-0.15, -0.1) is 0 Å². The summed E-state index contributed by atoms with van der Waals surface area (Å²) >= 11 is 0. The van der Waals surface area contributed by atoms with Crippen LogP contribution in [0.15, 0.2) is 0 Å². The summed E-state index contributed by atoms with van der Waals surface area (Å²) < 4.78 is 34.3.